The summed E-state index contributed by atoms with van der Waals surface area (Å²) in [6.07, 6.45) is 3.70. The van der Waals surface area contributed by atoms with Crippen molar-refractivity contribution >= 4 is 5.69 Å². The summed E-state index contributed by atoms with van der Waals surface area (Å²) >= 11 is 0. The Bertz CT molecular complexity index is 609. The molecular weight excluding hydrogens is 308 g/mol. The van der Waals surface area contributed by atoms with Crippen molar-refractivity contribution in [1.82, 2.24) is 4.98 Å². The standard InChI is InChI=1S/C12H17NO.C8H11N.2CH4/c1-9(2)10-4-5-11-12(8-10)14-7-6-13(11)3;1-7(2)8-4-3-5-9-6-8;;/h4-5,8-9H,6-7H2,1-3H3;3-7H,1-2H3;2*1H4. The Morgan fingerprint density at radius 1 is 1.00 bits per heavy atom. The van der Waals surface area contributed by atoms with Crippen LogP contribution in [0.2, 0.25) is 0 Å². The van der Waals surface area contributed by atoms with Crippen LogP contribution < -0.4 is 9.64 Å². The molecule has 140 valence electrons. The van der Waals surface area contributed by atoms with E-state index in [1.54, 1.807) is 6.20 Å². The molecule has 0 saturated carbocycles. The largest absolute Gasteiger partial charge is 0.490 e. The quantitative estimate of drug-likeness (QED) is 0.656. The molecule has 2 aromatic rings. The van der Waals surface area contributed by atoms with Gasteiger partial charge in [-0.3, -0.25) is 4.98 Å². The summed E-state index contributed by atoms with van der Waals surface area (Å²) in [4.78, 5) is 6.24. The number of hydrogen-bond donors (Lipinski definition) is 0. The fraction of sp³-hybridized carbons (Fsp3) is 0.500. The SMILES string of the molecule is C.C.CC(C)c1ccc2c(c1)OCCN2C.CC(C)c1cccnc1. The van der Waals surface area contributed by atoms with Crippen LogP contribution in [0.25, 0.3) is 0 Å². The van der Waals surface area contributed by atoms with Crippen LogP contribution in [0.15, 0.2) is 42.7 Å². The summed E-state index contributed by atoms with van der Waals surface area (Å²) in [6, 6.07) is 10.6. The lowest BCUT2D eigenvalue weighted by atomic mass is 10.0. The molecular formula is C22H36N2O. The van der Waals surface area contributed by atoms with Gasteiger partial charge in [0, 0.05) is 19.4 Å². The van der Waals surface area contributed by atoms with E-state index < -0.39 is 0 Å². The topological polar surface area (TPSA) is 25.4 Å². The number of benzene rings is 1. The molecule has 1 aliphatic rings. The predicted molar refractivity (Wildman–Crippen MR) is 111 cm³/mol. The van der Waals surface area contributed by atoms with Gasteiger partial charge in [-0.1, -0.05) is 54.7 Å². The van der Waals surface area contributed by atoms with E-state index in [9.17, 15) is 0 Å². The second kappa shape index (κ2) is 10.8. The molecule has 1 aliphatic heterocycles. The summed E-state index contributed by atoms with van der Waals surface area (Å²) < 4.78 is 5.64. The van der Waals surface area contributed by atoms with Gasteiger partial charge in [-0.25, -0.2) is 0 Å². The van der Waals surface area contributed by atoms with E-state index >= 15 is 0 Å². The number of ether oxygens (including phenoxy) is 1. The highest BCUT2D eigenvalue weighted by atomic mass is 16.5. The van der Waals surface area contributed by atoms with Crippen LogP contribution in [0.5, 0.6) is 5.75 Å². The number of anilines is 1. The molecule has 0 atom stereocenters. The molecule has 3 heteroatoms. The van der Waals surface area contributed by atoms with Gasteiger partial charge in [-0.2, -0.15) is 0 Å². The van der Waals surface area contributed by atoms with Crippen LogP contribution >= 0.6 is 0 Å². The van der Waals surface area contributed by atoms with Crippen LogP contribution in [-0.4, -0.2) is 25.2 Å². The fourth-order valence-corrected chi connectivity index (χ4v) is 2.45. The summed E-state index contributed by atoms with van der Waals surface area (Å²) in [7, 11) is 2.11. The summed E-state index contributed by atoms with van der Waals surface area (Å²) in [5.74, 6) is 2.19. The second-order valence-electron chi connectivity index (χ2n) is 6.59. The van der Waals surface area contributed by atoms with E-state index in [1.165, 1.54) is 16.8 Å². The highest BCUT2D eigenvalue weighted by Crippen LogP contribution is 2.33. The first-order valence-corrected chi connectivity index (χ1v) is 8.37. The number of pyridine rings is 1. The number of rotatable bonds is 2. The molecule has 3 nitrogen and oxygen atoms in total. The molecule has 0 N–H and O–H groups in total. The van der Waals surface area contributed by atoms with Crippen molar-refractivity contribution in [3.05, 3.63) is 53.9 Å². The summed E-state index contributed by atoms with van der Waals surface area (Å²) in [6.45, 7) is 10.5. The van der Waals surface area contributed by atoms with Crippen LogP contribution in [0.3, 0.4) is 0 Å². The number of nitrogens with zero attached hydrogens (tertiary/aromatic N) is 2. The molecule has 25 heavy (non-hydrogen) atoms. The van der Waals surface area contributed by atoms with Crippen molar-refractivity contribution in [2.45, 2.75) is 54.4 Å². The van der Waals surface area contributed by atoms with Gasteiger partial charge >= 0.3 is 0 Å². The normalized spacial score (nSPS) is 12.2. The van der Waals surface area contributed by atoms with Gasteiger partial charge in [0.2, 0.25) is 0 Å². The van der Waals surface area contributed by atoms with Gasteiger partial charge in [-0.15, -0.1) is 0 Å². The van der Waals surface area contributed by atoms with Crippen LogP contribution in [0.4, 0.5) is 5.69 Å². The van der Waals surface area contributed by atoms with Crippen molar-refractivity contribution in [1.29, 1.82) is 0 Å². The Morgan fingerprint density at radius 3 is 2.20 bits per heavy atom. The van der Waals surface area contributed by atoms with E-state index in [0.29, 0.717) is 11.8 Å². The zero-order chi connectivity index (χ0) is 16.8. The van der Waals surface area contributed by atoms with Crippen molar-refractivity contribution in [2.24, 2.45) is 0 Å². The Balaban J connectivity index is 0.000000462. The van der Waals surface area contributed by atoms with E-state index in [-0.39, 0.29) is 14.9 Å². The lowest BCUT2D eigenvalue weighted by Gasteiger charge is -2.28. The molecule has 0 aliphatic carbocycles. The predicted octanol–water partition coefficient (Wildman–Crippen LogP) is 6.12. The first-order chi connectivity index (χ1) is 11.0. The van der Waals surface area contributed by atoms with Gasteiger partial charge in [0.1, 0.15) is 12.4 Å². The molecule has 0 fully saturated rings. The zero-order valence-corrected chi connectivity index (χ0v) is 14.9. The molecule has 3 rings (SSSR count). The lowest BCUT2D eigenvalue weighted by Crippen LogP contribution is -2.28. The van der Waals surface area contributed by atoms with E-state index in [1.807, 2.05) is 12.3 Å². The highest BCUT2D eigenvalue weighted by Gasteiger charge is 2.15. The molecule has 0 radical (unpaired) electrons. The fourth-order valence-electron chi connectivity index (χ4n) is 2.45. The molecule has 2 heterocycles. The second-order valence-corrected chi connectivity index (χ2v) is 6.59. The van der Waals surface area contributed by atoms with Gasteiger partial charge in [0.05, 0.1) is 12.2 Å². The van der Waals surface area contributed by atoms with E-state index in [4.69, 9.17) is 4.74 Å². The minimum absolute atomic E-state index is 0. The summed E-state index contributed by atoms with van der Waals surface area (Å²) in [5.41, 5.74) is 3.86. The van der Waals surface area contributed by atoms with Crippen molar-refractivity contribution in [2.75, 3.05) is 25.1 Å². The third kappa shape index (κ3) is 6.41. The Kier molecular flexibility index (Phi) is 9.88. The van der Waals surface area contributed by atoms with Crippen LogP contribution in [0, 0.1) is 0 Å². The maximum Gasteiger partial charge on any atom is 0.142 e. The maximum atomic E-state index is 5.64. The molecule has 0 bridgehead atoms. The lowest BCUT2D eigenvalue weighted by molar-refractivity contribution is 0.311. The third-order valence-electron chi connectivity index (χ3n) is 4.10. The van der Waals surface area contributed by atoms with Gasteiger partial charge in [-0.05, 0) is 41.2 Å². The first-order valence-electron chi connectivity index (χ1n) is 8.37. The molecule has 1 aromatic heterocycles. The number of aromatic nitrogens is 1. The van der Waals surface area contributed by atoms with Gasteiger partial charge < -0.3 is 9.64 Å². The molecule has 0 unspecified atom stereocenters. The Hall–Kier alpha value is -2.03. The van der Waals surface area contributed by atoms with Gasteiger partial charge in [0.15, 0.2) is 0 Å². The molecule has 0 spiro atoms. The van der Waals surface area contributed by atoms with Crippen LogP contribution in [0.1, 0.15) is 65.5 Å². The van der Waals surface area contributed by atoms with Crippen molar-refractivity contribution in [3.63, 3.8) is 0 Å². The Morgan fingerprint density at radius 2 is 1.68 bits per heavy atom. The van der Waals surface area contributed by atoms with E-state index in [2.05, 4.69) is 68.9 Å². The van der Waals surface area contributed by atoms with Gasteiger partial charge in [0.25, 0.3) is 0 Å². The van der Waals surface area contributed by atoms with Crippen molar-refractivity contribution < 1.29 is 4.74 Å². The van der Waals surface area contributed by atoms with Crippen molar-refractivity contribution in [3.8, 4) is 5.75 Å². The smallest absolute Gasteiger partial charge is 0.142 e. The molecule has 0 saturated heterocycles. The zero-order valence-electron chi connectivity index (χ0n) is 14.9. The molecule has 0 amide bonds. The Labute approximate surface area is 155 Å². The minimum Gasteiger partial charge on any atom is -0.490 e. The average Bonchev–Trinajstić information content (AvgIpc) is 2.56. The third-order valence-corrected chi connectivity index (χ3v) is 4.10. The monoisotopic (exact) mass is 344 g/mol. The number of hydrogen-bond acceptors (Lipinski definition) is 3. The highest BCUT2D eigenvalue weighted by molar-refractivity contribution is 5.60. The summed E-state index contributed by atoms with van der Waals surface area (Å²) in [5, 5.41) is 0. The first kappa shape index (κ1) is 23.0. The number of likely N-dealkylation sites (N-methyl/N-ethyl adjacent to an activating group) is 1. The van der Waals surface area contributed by atoms with E-state index in [0.717, 1.165) is 18.9 Å². The average molecular weight is 345 g/mol. The maximum absolute atomic E-state index is 5.64. The number of fused-ring (bicyclic) bond motifs is 1. The minimum atomic E-state index is 0. The van der Waals surface area contributed by atoms with Crippen LogP contribution in [-0.2, 0) is 0 Å². The molecule has 1 aromatic carbocycles.